The van der Waals surface area contributed by atoms with Crippen molar-refractivity contribution in [1.29, 1.82) is 0 Å². The number of anilines is 1. The smallest absolute Gasteiger partial charge is 0.0391 e. The minimum absolute atomic E-state index is 0.0738. The molecule has 0 aliphatic heterocycles. The largest absolute Gasteiger partial charge is 0.398 e. The topological polar surface area (TPSA) is 26.0 Å². The summed E-state index contributed by atoms with van der Waals surface area (Å²) in [6, 6.07) is 48.4. The van der Waals surface area contributed by atoms with E-state index in [9.17, 15) is 0 Å². The molecule has 0 radical (unpaired) electrons. The van der Waals surface area contributed by atoms with Gasteiger partial charge in [-0.2, -0.15) is 0 Å². The molecule has 5 aromatic rings. The highest BCUT2D eigenvalue weighted by molar-refractivity contribution is 5.64. The third kappa shape index (κ3) is 4.89. The molecule has 6 rings (SSSR count). The van der Waals surface area contributed by atoms with Crippen molar-refractivity contribution < 1.29 is 0 Å². The molecule has 0 bridgehead atoms. The fourth-order valence-electron chi connectivity index (χ4n) is 6.41. The van der Waals surface area contributed by atoms with Crippen molar-refractivity contribution >= 4 is 5.69 Å². The van der Waals surface area contributed by atoms with Gasteiger partial charge in [-0.25, -0.2) is 0 Å². The highest BCUT2D eigenvalue weighted by Crippen LogP contribution is 2.45. The Labute approximate surface area is 227 Å². The summed E-state index contributed by atoms with van der Waals surface area (Å²) in [4.78, 5) is 0. The van der Waals surface area contributed by atoms with Gasteiger partial charge in [-0.1, -0.05) is 146 Å². The molecule has 38 heavy (non-hydrogen) atoms. The highest BCUT2D eigenvalue weighted by atomic mass is 14.6. The van der Waals surface area contributed by atoms with E-state index in [-0.39, 0.29) is 11.8 Å². The van der Waals surface area contributed by atoms with Crippen LogP contribution in [0.25, 0.3) is 0 Å². The van der Waals surface area contributed by atoms with E-state index in [4.69, 9.17) is 5.73 Å². The van der Waals surface area contributed by atoms with Crippen LogP contribution in [0.3, 0.4) is 0 Å². The Morgan fingerprint density at radius 3 is 1.29 bits per heavy atom. The summed E-state index contributed by atoms with van der Waals surface area (Å²) in [6.07, 6.45) is 5.00. The van der Waals surface area contributed by atoms with E-state index in [1.165, 1.54) is 64.6 Å². The third-order valence-corrected chi connectivity index (χ3v) is 8.24. The van der Waals surface area contributed by atoms with Crippen LogP contribution in [0, 0.1) is 0 Å². The van der Waals surface area contributed by atoms with Crippen molar-refractivity contribution in [1.82, 2.24) is 0 Å². The summed E-state index contributed by atoms with van der Waals surface area (Å²) in [5.41, 5.74) is 17.2. The van der Waals surface area contributed by atoms with Crippen molar-refractivity contribution in [2.75, 3.05) is 5.73 Å². The molecule has 1 heteroatoms. The predicted octanol–water partition coefficient (Wildman–Crippen LogP) is 9.29. The molecule has 2 N–H and O–H groups in total. The van der Waals surface area contributed by atoms with Crippen LogP contribution in [0.2, 0.25) is 0 Å². The zero-order valence-corrected chi connectivity index (χ0v) is 21.8. The molecule has 1 nitrogen and oxygen atoms in total. The zero-order valence-electron chi connectivity index (χ0n) is 21.8. The van der Waals surface area contributed by atoms with E-state index in [0.29, 0.717) is 5.92 Å². The summed E-state index contributed by atoms with van der Waals surface area (Å²) in [5.74, 6) is 0.738. The van der Waals surface area contributed by atoms with E-state index in [0.717, 1.165) is 5.69 Å². The average Bonchev–Trinajstić information content (AvgIpc) is 3.52. The van der Waals surface area contributed by atoms with Gasteiger partial charge < -0.3 is 5.73 Å². The fraction of sp³-hybridized carbons (Fsp3) is 0.189. The maximum Gasteiger partial charge on any atom is 0.0391 e. The maximum absolute atomic E-state index is 7.19. The van der Waals surface area contributed by atoms with Crippen LogP contribution < -0.4 is 5.73 Å². The molecule has 1 aliphatic carbocycles. The van der Waals surface area contributed by atoms with Crippen molar-refractivity contribution in [3.63, 3.8) is 0 Å². The highest BCUT2D eigenvalue weighted by Gasteiger charge is 2.28. The van der Waals surface area contributed by atoms with Gasteiger partial charge in [0.05, 0.1) is 0 Å². The van der Waals surface area contributed by atoms with E-state index in [1.807, 2.05) is 0 Å². The zero-order chi connectivity index (χ0) is 25.7. The van der Waals surface area contributed by atoms with Gasteiger partial charge in [0.2, 0.25) is 0 Å². The van der Waals surface area contributed by atoms with E-state index < -0.39 is 0 Å². The monoisotopic (exact) mass is 493 g/mol. The number of nitrogens with two attached hydrogens (primary N) is 1. The quantitative estimate of drug-likeness (QED) is 0.177. The molecular formula is C37H35N. The molecule has 1 aliphatic rings. The van der Waals surface area contributed by atoms with Gasteiger partial charge in [0.15, 0.2) is 0 Å². The molecular weight excluding hydrogens is 458 g/mol. The average molecular weight is 494 g/mol. The second kappa shape index (κ2) is 11.1. The maximum atomic E-state index is 7.19. The Hall–Kier alpha value is -4.10. The lowest BCUT2D eigenvalue weighted by molar-refractivity contribution is 0.721. The molecule has 1 fully saturated rings. The van der Waals surface area contributed by atoms with Crippen molar-refractivity contribution in [3.8, 4) is 0 Å². The molecule has 0 saturated heterocycles. The molecule has 0 amide bonds. The van der Waals surface area contributed by atoms with Crippen molar-refractivity contribution in [3.05, 3.63) is 172 Å². The molecule has 0 aromatic heterocycles. The standard InChI is InChI=1S/C37H35N/c38-37-33(27-15-13-14-16-27)25-32(35(28-17-5-1-6-18-28)29-19-7-2-8-20-29)26-34(37)36(30-21-9-3-10-22-30)31-23-11-4-12-24-31/h1-12,17-27,35-36H,13-16,38H2. The van der Waals surface area contributed by atoms with Crippen LogP contribution in [0.15, 0.2) is 133 Å². The summed E-state index contributed by atoms with van der Waals surface area (Å²) in [7, 11) is 0. The van der Waals surface area contributed by atoms with Crippen LogP contribution in [0.4, 0.5) is 5.69 Å². The van der Waals surface area contributed by atoms with Crippen LogP contribution in [0.5, 0.6) is 0 Å². The van der Waals surface area contributed by atoms with Crippen LogP contribution in [-0.4, -0.2) is 0 Å². The Morgan fingerprint density at radius 2 is 0.868 bits per heavy atom. The lowest BCUT2D eigenvalue weighted by Crippen LogP contribution is -2.13. The summed E-state index contributed by atoms with van der Waals surface area (Å²) in [5, 5.41) is 0. The Balaban J connectivity index is 1.61. The molecule has 0 unspecified atom stereocenters. The molecule has 0 atom stereocenters. The van der Waals surface area contributed by atoms with Gasteiger partial charge in [-0.3, -0.25) is 0 Å². The lowest BCUT2D eigenvalue weighted by Gasteiger charge is -2.28. The fourth-order valence-corrected chi connectivity index (χ4v) is 6.41. The van der Waals surface area contributed by atoms with Gasteiger partial charge in [0.25, 0.3) is 0 Å². The summed E-state index contributed by atoms with van der Waals surface area (Å²) < 4.78 is 0. The molecule has 0 spiro atoms. The Bertz CT molecular complexity index is 1370. The number of rotatable bonds is 7. The number of benzene rings is 5. The van der Waals surface area contributed by atoms with Crippen molar-refractivity contribution in [2.24, 2.45) is 0 Å². The summed E-state index contributed by atoms with van der Waals surface area (Å²) >= 11 is 0. The van der Waals surface area contributed by atoms with Gasteiger partial charge in [0, 0.05) is 17.5 Å². The molecule has 5 aromatic carbocycles. The lowest BCUT2D eigenvalue weighted by atomic mass is 9.77. The first-order chi connectivity index (χ1) is 18.8. The molecule has 188 valence electrons. The second-order valence-corrected chi connectivity index (χ2v) is 10.6. The van der Waals surface area contributed by atoms with E-state index in [1.54, 1.807) is 0 Å². The van der Waals surface area contributed by atoms with Gasteiger partial charge >= 0.3 is 0 Å². The minimum Gasteiger partial charge on any atom is -0.398 e. The SMILES string of the molecule is Nc1c(C2CCCC2)cc(C(c2ccccc2)c2ccccc2)cc1C(c1ccccc1)c1ccccc1. The van der Waals surface area contributed by atoms with Crippen LogP contribution in [0.1, 0.15) is 82.4 Å². The first-order valence-electron chi connectivity index (χ1n) is 13.9. The van der Waals surface area contributed by atoms with E-state index in [2.05, 4.69) is 133 Å². The third-order valence-electron chi connectivity index (χ3n) is 8.24. The number of nitrogen functional groups attached to an aromatic ring is 1. The minimum atomic E-state index is 0.0738. The number of hydrogen-bond donors (Lipinski definition) is 1. The summed E-state index contributed by atoms with van der Waals surface area (Å²) in [6.45, 7) is 0. The Morgan fingerprint density at radius 1 is 0.474 bits per heavy atom. The van der Waals surface area contributed by atoms with Gasteiger partial charge in [-0.15, -0.1) is 0 Å². The first-order valence-corrected chi connectivity index (χ1v) is 13.9. The van der Waals surface area contributed by atoms with Gasteiger partial charge in [-0.05, 0) is 57.7 Å². The van der Waals surface area contributed by atoms with Crippen LogP contribution in [-0.2, 0) is 0 Å². The molecule has 1 saturated carbocycles. The first kappa shape index (κ1) is 24.2. The second-order valence-electron chi connectivity index (χ2n) is 10.6. The van der Waals surface area contributed by atoms with Gasteiger partial charge in [0.1, 0.15) is 0 Å². The normalized spacial score (nSPS) is 13.8. The molecule has 0 heterocycles. The van der Waals surface area contributed by atoms with E-state index >= 15 is 0 Å². The van der Waals surface area contributed by atoms with Crippen LogP contribution >= 0.6 is 0 Å². The Kier molecular flexibility index (Phi) is 7.09. The predicted molar refractivity (Wildman–Crippen MR) is 160 cm³/mol. The van der Waals surface area contributed by atoms with Crippen molar-refractivity contribution in [2.45, 2.75) is 43.4 Å². The number of hydrogen-bond acceptors (Lipinski definition) is 1.